The first-order valence-electron chi connectivity index (χ1n) is 9.68. The standard InChI is InChI=1S/C23H22F6/c24-12-2-1-3-15-4-6-16(7-5-15)17-8-10-18(11-9-17)19-13-20(25)22(21(26)14-19)23(27,28)29/h1,3,8-11,13-16H,2,4-7,12H2/b3-1+. The van der Waals surface area contributed by atoms with Crippen molar-refractivity contribution < 1.29 is 26.3 Å². The second-order valence-corrected chi connectivity index (χ2v) is 7.45. The van der Waals surface area contributed by atoms with Gasteiger partial charge in [0.15, 0.2) is 0 Å². The van der Waals surface area contributed by atoms with E-state index in [0.717, 1.165) is 43.4 Å². The first-order chi connectivity index (χ1) is 13.8. The Morgan fingerprint density at radius 2 is 1.45 bits per heavy atom. The Morgan fingerprint density at radius 1 is 0.862 bits per heavy atom. The lowest BCUT2D eigenvalue weighted by atomic mass is 9.78. The van der Waals surface area contributed by atoms with Crippen LogP contribution in [0.5, 0.6) is 0 Å². The van der Waals surface area contributed by atoms with Crippen LogP contribution in [0.25, 0.3) is 11.1 Å². The van der Waals surface area contributed by atoms with Crippen LogP contribution >= 0.6 is 0 Å². The number of allylic oxidation sites excluding steroid dienone is 2. The highest BCUT2D eigenvalue weighted by Crippen LogP contribution is 2.38. The summed E-state index contributed by atoms with van der Waals surface area (Å²) in [6.45, 7) is -0.342. The summed E-state index contributed by atoms with van der Waals surface area (Å²) in [5.74, 6) is -2.39. The van der Waals surface area contributed by atoms with Crippen molar-refractivity contribution in [2.24, 2.45) is 5.92 Å². The van der Waals surface area contributed by atoms with Crippen molar-refractivity contribution >= 4 is 0 Å². The lowest BCUT2D eigenvalue weighted by molar-refractivity contribution is -0.142. The molecule has 0 aromatic heterocycles. The first kappa shape index (κ1) is 21.5. The number of benzene rings is 2. The van der Waals surface area contributed by atoms with Crippen molar-refractivity contribution in [2.75, 3.05) is 6.67 Å². The largest absolute Gasteiger partial charge is 0.422 e. The van der Waals surface area contributed by atoms with Gasteiger partial charge in [0, 0.05) is 0 Å². The summed E-state index contributed by atoms with van der Waals surface area (Å²) in [6, 6.07) is 8.54. The molecule has 0 bridgehead atoms. The van der Waals surface area contributed by atoms with Gasteiger partial charge in [0.1, 0.15) is 17.2 Å². The van der Waals surface area contributed by atoms with Gasteiger partial charge in [-0.05, 0) is 72.8 Å². The quantitative estimate of drug-likeness (QED) is 0.347. The zero-order chi connectivity index (χ0) is 21.0. The van der Waals surface area contributed by atoms with Gasteiger partial charge in [0.05, 0.1) is 6.67 Å². The predicted octanol–water partition coefficient (Wildman–Crippen LogP) is 7.84. The molecule has 1 aliphatic carbocycles. The van der Waals surface area contributed by atoms with Crippen LogP contribution in [0.4, 0.5) is 26.3 Å². The molecule has 0 saturated heterocycles. The summed E-state index contributed by atoms with van der Waals surface area (Å²) < 4.78 is 78.0. The minimum Gasteiger partial charge on any atom is -0.251 e. The molecule has 1 aliphatic rings. The van der Waals surface area contributed by atoms with Gasteiger partial charge in [-0.2, -0.15) is 13.2 Å². The summed E-state index contributed by atoms with van der Waals surface area (Å²) >= 11 is 0. The minimum atomic E-state index is -5.07. The van der Waals surface area contributed by atoms with Crippen molar-refractivity contribution in [3.8, 4) is 11.1 Å². The molecular weight excluding hydrogens is 390 g/mol. The van der Waals surface area contributed by atoms with Gasteiger partial charge in [-0.15, -0.1) is 0 Å². The van der Waals surface area contributed by atoms with Gasteiger partial charge in [-0.3, -0.25) is 4.39 Å². The van der Waals surface area contributed by atoms with E-state index in [4.69, 9.17) is 0 Å². The molecule has 0 radical (unpaired) electrons. The fraction of sp³-hybridized carbons (Fsp3) is 0.391. The molecule has 0 unspecified atom stereocenters. The molecule has 156 valence electrons. The van der Waals surface area contributed by atoms with Crippen LogP contribution in [-0.4, -0.2) is 6.67 Å². The molecule has 0 aliphatic heterocycles. The van der Waals surface area contributed by atoms with E-state index in [1.807, 2.05) is 18.2 Å². The van der Waals surface area contributed by atoms with Gasteiger partial charge in [0.2, 0.25) is 0 Å². The highest BCUT2D eigenvalue weighted by molar-refractivity contribution is 5.64. The number of hydrogen-bond acceptors (Lipinski definition) is 0. The second kappa shape index (κ2) is 9.06. The Kier molecular flexibility index (Phi) is 6.70. The minimum absolute atomic E-state index is 0.0706. The lowest BCUT2D eigenvalue weighted by Crippen LogP contribution is -2.12. The molecule has 2 aromatic carbocycles. The first-order valence-corrected chi connectivity index (χ1v) is 9.68. The highest BCUT2D eigenvalue weighted by atomic mass is 19.4. The summed E-state index contributed by atoms with van der Waals surface area (Å²) in [4.78, 5) is 0. The predicted molar refractivity (Wildman–Crippen MR) is 101 cm³/mol. The SMILES string of the molecule is FCC/C=C/C1CCC(c2ccc(-c3cc(F)c(C(F)(F)F)c(F)c3)cc2)CC1. The summed E-state index contributed by atoms with van der Waals surface area (Å²) in [5.41, 5.74) is -0.229. The third-order valence-corrected chi connectivity index (χ3v) is 5.50. The number of halogens is 6. The monoisotopic (exact) mass is 412 g/mol. The van der Waals surface area contributed by atoms with Gasteiger partial charge in [-0.25, -0.2) is 8.78 Å². The van der Waals surface area contributed by atoms with Crippen LogP contribution in [0.3, 0.4) is 0 Å². The zero-order valence-electron chi connectivity index (χ0n) is 15.8. The van der Waals surface area contributed by atoms with Gasteiger partial charge in [0.25, 0.3) is 0 Å². The maximum Gasteiger partial charge on any atom is 0.422 e. The Morgan fingerprint density at radius 3 is 1.97 bits per heavy atom. The van der Waals surface area contributed by atoms with Crippen molar-refractivity contribution in [1.29, 1.82) is 0 Å². The fourth-order valence-electron chi connectivity index (χ4n) is 3.95. The Hall–Kier alpha value is -2.24. The van der Waals surface area contributed by atoms with Gasteiger partial charge < -0.3 is 0 Å². The van der Waals surface area contributed by atoms with Crippen LogP contribution in [0, 0.1) is 17.6 Å². The highest BCUT2D eigenvalue weighted by Gasteiger charge is 2.38. The molecule has 1 saturated carbocycles. The smallest absolute Gasteiger partial charge is 0.251 e. The van der Waals surface area contributed by atoms with E-state index < -0.39 is 23.4 Å². The van der Waals surface area contributed by atoms with Crippen LogP contribution in [0.2, 0.25) is 0 Å². The molecule has 6 heteroatoms. The van der Waals surface area contributed by atoms with Gasteiger partial charge in [-0.1, -0.05) is 36.4 Å². The molecule has 0 atom stereocenters. The average Bonchev–Trinajstić information content (AvgIpc) is 2.67. The van der Waals surface area contributed by atoms with Crippen LogP contribution in [-0.2, 0) is 6.18 Å². The van der Waals surface area contributed by atoms with Crippen molar-refractivity contribution in [3.63, 3.8) is 0 Å². The lowest BCUT2D eigenvalue weighted by Gasteiger charge is -2.27. The normalized spacial score (nSPS) is 20.3. The van der Waals surface area contributed by atoms with E-state index in [0.29, 0.717) is 23.8 Å². The number of alkyl halides is 4. The van der Waals surface area contributed by atoms with Crippen molar-refractivity contribution in [3.05, 3.63) is 71.3 Å². The Balaban J connectivity index is 1.70. The fourth-order valence-corrected chi connectivity index (χ4v) is 3.95. The molecule has 2 aromatic rings. The van der Waals surface area contributed by atoms with E-state index in [9.17, 15) is 26.3 Å². The third-order valence-electron chi connectivity index (χ3n) is 5.50. The number of rotatable bonds is 5. The van der Waals surface area contributed by atoms with Crippen LogP contribution in [0.15, 0.2) is 48.6 Å². The molecule has 0 heterocycles. The third kappa shape index (κ3) is 5.22. The molecule has 1 fully saturated rings. The molecule has 29 heavy (non-hydrogen) atoms. The summed E-state index contributed by atoms with van der Waals surface area (Å²) in [5, 5.41) is 0. The topological polar surface area (TPSA) is 0 Å². The maximum atomic E-state index is 13.8. The molecule has 0 N–H and O–H groups in total. The van der Waals surface area contributed by atoms with E-state index >= 15 is 0 Å². The van der Waals surface area contributed by atoms with Crippen molar-refractivity contribution in [2.45, 2.75) is 44.2 Å². The van der Waals surface area contributed by atoms with Crippen molar-refractivity contribution in [1.82, 2.24) is 0 Å². The maximum absolute atomic E-state index is 13.8. The zero-order valence-corrected chi connectivity index (χ0v) is 15.8. The molecule has 0 spiro atoms. The van der Waals surface area contributed by atoms with E-state index in [-0.39, 0.29) is 12.2 Å². The van der Waals surface area contributed by atoms with E-state index in [1.54, 1.807) is 12.1 Å². The molecule has 0 nitrogen and oxygen atoms in total. The van der Waals surface area contributed by atoms with Crippen LogP contribution in [0.1, 0.15) is 49.1 Å². The van der Waals surface area contributed by atoms with E-state index in [1.165, 1.54) is 0 Å². The summed E-state index contributed by atoms with van der Waals surface area (Å²) in [7, 11) is 0. The average molecular weight is 412 g/mol. The number of hydrogen-bond donors (Lipinski definition) is 0. The molecule has 3 rings (SSSR count). The molecule has 0 amide bonds. The Bertz CT molecular complexity index is 820. The summed E-state index contributed by atoms with van der Waals surface area (Å²) in [6.07, 6.45) is 3.38. The Labute approximate surface area is 166 Å². The van der Waals surface area contributed by atoms with Gasteiger partial charge >= 0.3 is 6.18 Å². The van der Waals surface area contributed by atoms with E-state index in [2.05, 4.69) is 6.08 Å². The molecular formula is C23H22F6. The second-order valence-electron chi connectivity index (χ2n) is 7.45. The van der Waals surface area contributed by atoms with Crippen LogP contribution < -0.4 is 0 Å².